The van der Waals surface area contributed by atoms with Crippen LogP contribution >= 0.6 is 11.3 Å². The molecule has 144 valence electrons. The summed E-state index contributed by atoms with van der Waals surface area (Å²) in [6.45, 7) is -0.00806. The molecule has 2 aromatic carbocycles. The van der Waals surface area contributed by atoms with Crippen LogP contribution in [0.4, 0.5) is 5.13 Å². The van der Waals surface area contributed by atoms with Crippen molar-refractivity contribution in [3.63, 3.8) is 0 Å². The minimum atomic E-state index is -0.380. The summed E-state index contributed by atoms with van der Waals surface area (Å²) < 4.78 is 10.9. The molecule has 0 aliphatic heterocycles. The van der Waals surface area contributed by atoms with Gasteiger partial charge < -0.3 is 20.1 Å². The highest BCUT2D eigenvalue weighted by molar-refractivity contribution is 7.13. The number of nitrogens with zero attached hydrogens (tertiary/aromatic N) is 1. The molecule has 0 fully saturated rings. The third-order valence-corrected chi connectivity index (χ3v) is 4.29. The van der Waals surface area contributed by atoms with Gasteiger partial charge in [0, 0.05) is 5.38 Å². The molecule has 3 aromatic rings. The Labute approximate surface area is 166 Å². The number of hydrogen-bond donors (Lipinski definition) is 2. The molecule has 2 amide bonds. The first-order chi connectivity index (χ1) is 13.7. The first-order valence-electron chi connectivity index (χ1n) is 8.56. The SMILES string of the molecule is O=C(COc1ccccc1)NCC(=O)Nc1nc(COc2ccccc2)cs1. The summed E-state index contributed by atoms with van der Waals surface area (Å²) in [5.74, 6) is 0.602. The summed E-state index contributed by atoms with van der Waals surface area (Å²) in [4.78, 5) is 28.0. The fourth-order valence-electron chi connectivity index (χ4n) is 2.16. The largest absolute Gasteiger partial charge is 0.487 e. The van der Waals surface area contributed by atoms with Crippen LogP contribution in [0.25, 0.3) is 0 Å². The molecular formula is C20H19N3O4S. The van der Waals surface area contributed by atoms with Gasteiger partial charge in [0.25, 0.3) is 5.91 Å². The van der Waals surface area contributed by atoms with Gasteiger partial charge in [0.05, 0.1) is 12.2 Å². The van der Waals surface area contributed by atoms with Crippen molar-refractivity contribution in [2.75, 3.05) is 18.5 Å². The molecule has 7 nitrogen and oxygen atoms in total. The number of anilines is 1. The van der Waals surface area contributed by atoms with Crippen molar-refractivity contribution < 1.29 is 19.1 Å². The van der Waals surface area contributed by atoms with Crippen LogP contribution in [0.15, 0.2) is 66.0 Å². The number of amides is 2. The number of carbonyl (C=O) groups excluding carboxylic acids is 2. The van der Waals surface area contributed by atoms with E-state index in [1.54, 1.807) is 12.1 Å². The second-order valence-electron chi connectivity index (χ2n) is 5.67. The molecule has 0 unspecified atom stereocenters. The van der Waals surface area contributed by atoms with Gasteiger partial charge in [0.1, 0.15) is 18.1 Å². The van der Waals surface area contributed by atoms with Crippen LogP contribution in [-0.4, -0.2) is 29.9 Å². The third kappa shape index (κ3) is 6.40. The van der Waals surface area contributed by atoms with Crippen LogP contribution in [0.3, 0.4) is 0 Å². The fourth-order valence-corrected chi connectivity index (χ4v) is 2.87. The Bertz CT molecular complexity index is 900. The van der Waals surface area contributed by atoms with Crippen LogP contribution in [0.1, 0.15) is 5.69 Å². The molecule has 0 spiro atoms. The molecule has 8 heteroatoms. The summed E-state index contributed by atoms with van der Waals surface area (Å²) in [6, 6.07) is 18.4. The molecule has 1 heterocycles. The monoisotopic (exact) mass is 397 g/mol. The summed E-state index contributed by atoms with van der Waals surface area (Å²) in [5.41, 5.74) is 0.712. The molecule has 3 rings (SSSR count). The van der Waals surface area contributed by atoms with E-state index in [2.05, 4.69) is 15.6 Å². The Morgan fingerprint density at radius 3 is 2.21 bits per heavy atom. The molecule has 1 aromatic heterocycles. The standard InChI is InChI=1S/C20H19N3O4S/c24-18(11-21-19(25)13-27-17-9-5-2-6-10-17)23-20-22-15(14-28-20)12-26-16-7-3-1-4-8-16/h1-10,14H,11-13H2,(H,21,25)(H,22,23,24). The molecule has 0 aliphatic rings. The summed E-state index contributed by atoms with van der Waals surface area (Å²) in [5, 5.41) is 7.41. The van der Waals surface area contributed by atoms with Crippen LogP contribution in [-0.2, 0) is 16.2 Å². The number of hydrogen-bond acceptors (Lipinski definition) is 6. The lowest BCUT2D eigenvalue weighted by atomic mass is 10.3. The Balaban J connectivity index is 1.36. The van der Waals surface area contributed by atoms with E-state index in [4.69, 9.17) is 9.47 Å². The van der Waals surface area contributed by atoms with E-state index in [-0.39, 0.29) is 25.0 Å². The van der Waals surface area contributed by atoms with Crippen molar-refractivity contribution in [3.8, 4) is 11.5 Å². The highest BCUT2D eigenvalue weighted by Gasteiger charge is 2.09. The van der Waals surface area contributed by atoms with E-state index < -0.39 is 0 Å². The molecule has 28 heavy (non-hydrogen) atoms. The second-order valence-corrected chi connectivity index (χ2v) is 6.53. The number of nitrogens with one attached hydrogen (secondary N) is 2. The summed E-state index contributed by atoms with van der Waals surface area (Å²) in [7, 11) is 0. The minimum absolute atomic E-state index is 0.157. The number of benzene rings is 2. The molecule has 0 saturated heterocycles. The molecule has 0 saturated carbocycles. The average Bonchev–Trinajstić information content (AvgIpc) is 3.18. The third-order valence-electron chi connectivity index (χ3n) is 3.49. The lowest BCUT2D eigenvalue weighted by Crippen LogP contribution is -2.35. The van der Waals surface area contributed by atoms with Gasteiger partial charge in [-0.25, -0.2) is 4.98 Å². The predicted octanol–water partition coefficient (Wildman–Crippen LogP) is 2.86. The Hall–Kier alpha value is -3.39. The van der Waals surface area contributed by atoms with Gasteiger partial charge in [-0.05, 0) is 24.3 Å². The van der Waals surface area contributed by atoms with Crippen molar-refractivity contribution in [2.24, 2.45) is 0 Å². The van der Waals surface area contributed by atoms with Crippen molar-refractivity contribution in [3.05, 3.63) is 71.7 Å². The van der Waals surface area contributed by atoms with Gasteiger partial charge in [-0.3, -0.25) is 9.59 Å². The average molecular weight is 397 g/mol. The van der Waals surface area contributed by atoms with Gasteiger partial charge in [0.2, 0.25) is 5.91 Å². The number of para-hydroxylation sites is 2. The molecule has 0 bridgehead atoms. The van der Waals surface area contributed by atoms with E-state index in [0.29, 0.717) is 23.2 Å². The van der Waals surface area contributed by atoms with E-state index in [9.17, 15) is 9.59 Å². The molecule has 2 N–H and O–H groups in total. The number of rotatable bonds is 9. The number of aromatic nitrogens is 1. The maximum absolute atomic E-state index is 11.9. The highest BCUT2D eigenvalue weighted by Crippen LogP contribution is 2.17. The molecule has 0 aliphatic carbocycles. The fraction of sp³-hybridized carbons (Fsp3) is 0.150. The molecule has 0 atom stereocenters. The quantitative estimate of drug-likeness (QED) is 0.580. The van der Waals surface area contributed by atoms with Gasteiger partial charge in [-0.15, -0.1) is 11.3 Å². The van der Waals surface area contributed by atoms with Gasteiger partial charge in [-0.2, -0.15) is 0 Å². The zero-order chi connectivity index (χ0) is 19.6. The van der Waals surface area contributed by atoms with Crippen molar-refractivity contribution >= 4 is 28.3 Å². The lowest BCUT2D eigenvalue weighted by molar-refractivity contribution is -0.125. The highest BCUT2D eigenvalue weighted by atomic mass is 32.1. The summed E-state index contributed by atoms with van der Waals surface area (Å²) in [6.07, 6.45) is 0. The smallest absolute Gasteiger partial charge is 0.258 e. The van der Waals surface area contributed by atoms with E-state index in [0.717, 1.165) is 5.75 Å². The van der Waals surface area contributed by atoms with E-state index in [1.165, 1.54) is 11.3 Å². The van der Waals surface area contributed by atoms with Crippen molar-refractivity contribution in [1.29, 1.82) is 0 Å². The molecule has 0 radical (unpaired) electrons. The normalized spacial score (nSPS) is 10.1. The summed E-state index contributed by atoms with van der Waals surface area (Å²) >= 11 is 1.29. The van der Waals surface area contributed by atoms with Crippen LogP contribution < -0.4 is 20.1 Å². The van der Waals surface area contributed by atoms with Gasteiger partial charge in [0.15, 0.2) is 11.7 Å². The minimum Gasteiger partial charge on any atom is -0.487 e. The predicted molar refractivity (Wildman–Crippen MR) is 106 cm³/mol. The number of thiazole rings is 1. The maximum Gasteiger partial charge on any atom is 0.258 e. The topological polar surface area (TPSA) is 89.5 Å². The Morgan fingerprint density at radius 2 is 1.54 bits per heavy atom. The van der Waals surface area contributed by atoms with Crippen LogP contribution in [0.2, 0.25) is 0 Å². The van der Waals surface area contributed by atoms with Gasteiger partial charge in [-0.1, -0.05) is 36.4 Å². The first-order valence-corrected chi connectivity index (χ1v) is 9.43. The Kier molecular flexibility index (Phi) is 6.97. The van der Waals surface area contributed by atoms with E-state index in [1.807, 2.05) is 53.9 Å². The molecular weight excluding hydrogens is 378 g/mol. The number of ether oxygens (including phenoxy) is 2. The number of carbonyl (C=O) groups is 2. The lowest BCUT2D eigenvalue weighted by Gasteiger charge is -2.07. The van der Waals surface area contributed by atoms with Gasteiger partial charge >= 0.3 is 0 Å². The Morgan fingerprint density at radius 1 is 0.893 bits per heavy atom. The zero-order valence-corrected chi connectivity index (χ0v) is 15.8. The second kappa shape index (κ2) is 10.1. The van der Waals surface area contributed by atoms with Crippen LogP contribution in [0.5, 0.6) is 11.5 Å². The maximum atomic E-state index is 11.9. The van der Waals surface area contributed by atoms with Crippen LogP contribution in [0, 0.1) is 0 Å². The first kappa shape index (κ1) is 19.4. The van der Waals surface area contributed by atoms with Crippen molar-refractivity contribution in [1.82, 2.24) is 10.3 Å². The zero-order valence-electron chi connectivity index (χ0n) is 15.0. The van der Waals surface area contributed by atoms with E-state index >= 15 is 0 Å². The van der Waals surface area contributed by atoms with Crippen molar-refractivity contribution in [2.45, 2.75) is 6.61 Å².